The van der Waals surface area contributed by atoms with Crippen molar-refractivity contribution >= 4 is 0 Å². The van der Waals surface area contributed by atoms with Crippen molar-refractivity contribution in [1.82, 2.24) is 0 Å². The number of alkyl halides is 14. The van der Waals surface area contributed by atoms with Crippen LogP contribution in [0, 0.1) is 0 Å². The zero-order valence-corrected chi connectivity index (χ0v) is 9.52. The quantitative estimate of drug-likeness (QED) is 0.517. The summed E-state index contributed by atoms with van der Waals surface area (Å²) >= 11 is 0. The average Bonchev–Trinajstić information content (AvgIpc) is 2.05. The third-order valence-electron chi connectivity index (χ3n) is 1.48. The maximum absolute atomic E-state index is 13.1. The van der Waals surface area contributed by atoms with Gasteiger partial charge in [-0.05, 0) is 0 Å². The molecule has 3 nitrogen and oxygen atoms in total. The molecule has 0 saturated heterocycles. The van der Waals surface area contributed by atoms with E-state index in [1.807, 2.05) is 0 Å². The highest BCUT2D eigenvalue weighted by Gasteiger charge is 2.80. The summed E-state index contributed by atoms with van der Waals surface area (Å²) in [4.78, 5) is 0. The third-order valence-corrected chi connectivity index (χ3v) is 1.48. The largest absolute Gasteiger partial charge is 0.527 e. The van der Waals surface area contributed by atoms with E-state index in [1.165, 1.54) is 14.2 Å². The molecule has 0 aromatic rings. The summed E-state index contributed by atoms with van der Waals surface area (Å²) in [6.07, 6.45) is -27.6. The van der Waals surface area contributed by atoms with Gasteiger partial charge in [-0.3, -0.25) is 0 Å². The lowest BCUT2D eigenvalue weighted by atomic mass is 10.2. The molecule has 0 N–H and O–H groups in total. The van der Waals surface area contributed by atoms with Crippen LogP contribution in [0.1, 0.15) is 0 Å². The van der Waals surface area contributed by atoms with Crippen LogP contribution >= 0.6 is 0 Å². The van der Waals surface area contributed by atoms with Crippen molar-refractivity contribution in [3.05, 3.63) is 0 Å². The van der Waals surface area contributed by atoms with Crippen LogP contribution in [-0.4, -0.2) is 37.2 Å². The molecule has 0 bridgehead atoms. The Labute approximate surface area is 114 Å². The van der Waals surface area contributed by atoms with E-state index < -0.39 is 37.2 Å². The summed E-state index contributed by atoms with van der Waals surface area (Å²) in [6, 6.07) is -7.14. The fourth-order valence-electron chi connectivity index (χ4n) is 0.830. The van der Waals surface area contributed by atoms with Crippen LogP contribution in [0.4, 0.5) is 61.5 Å². The summed E-state index contributed by atoms with van der Waals surface area (Å²) in [5.41, 5.74) is 0. The van der Waals surface area contributed by atoms with Gasteiger partial charge in [-0.1, -0.05) is 0 Å². The molecule has 0 heterocycles. The average molecular weight is 386 g/mol. The van der Waals surface area contributed by atoms with Crippen molar-refractivity contribution < 1.29 is 75.7 Å². The minimum atomic E-state index is -7.55. The fourth-order valence-corrected chi connectivity index (χ4v) is 0.830. The van der Waals surface area contributed by atoms with E-state index in [9.17, 15) is 61.5 Å². The summed E-state index contributed by atoms with van der Waals surface area (Å²) in [5, 5.41) is 0. The Morgan fingerprint density at radius 2 is 0.652 bits per heavy atom. The second-order valence-electron chi connectivity index (χ2n) is 3.27. The Kier molecular flexibility index (Phi) is 5.49. The number of rotatable bonds is 5. The van der Waals surface area contributed by atoms with Crippen molar-refractivity contribution in [2.24, 2.45) is 0 Å². The Hall–Kier alpha value is -1.10. The van der Waals surface area contributed by atoms with E-state index in [4.69, 9.17) is 0 Å². The molecule has 0 rings (SSSR count). The van der Waals surface area contributed by atoms with Gasteiger partial charge in [0.25, 0.3) is 0 Å². The van der Waals surface area contributed by atoms with Gasteiger partial charge in [0.15, 0.2) is 0 Å². The Bertz CT molecular complexity index is 388. The van der Waals surface area contributed by atoms with Gasteiger partial charge in [0.2, 0.25) is 0 Å². The van der Waals surface area contributed by atoms with Crippen molar-refractivity contribution in [3.63, 3.8) is 0 Å². The summed E-state index contributed by atoms with van der Waals surface area (Å²) in [7, 11) is 0. The molecule has 17 heteroatoms. The maximum atomic E-state index is 13.1. The van der Waals surface area contributed by atoms with Gasteiger partial charge in [0, 0.05) is 0 Å². The SMILES string of the molecule is FC(F)(F)OC(F)(F)C(F)(F)C(F)(OC(F)(F)F)OC(F)(F)F. The van der Waals surface area contributed by atoms with Gasteiger partial charge in [-0.2, -0.15) is 22.0 Å². The summed E-state index contributed by atoms with van der Waals surface area (Å²) in [5.74, 6) is -7.55. The Morgan fingerprint density at radius 1 is 0.391 bits per heavy atom. The first kappa shape index (κ1) is 21.9. The van der Waals surface area contributed by atoms with Gasteiger partial charge >= 0.3 is 37.2 Å². The second-order valence-corrected chi connectivity index (χ2v) is 3.27. The minimum absolute atomic E-state index is 1.35. The number of halogens is 14. The lowest BCUT2D eigenvalue weighted by Gasteiger charge is -2.36. The van der Waals surface area contributed by atoms with Crippen LogP contribution in [0.15, 0.2) is 0 Å². The van der Waals surface area contributed by atoms with Crippen LogP contribution in [0.25, 0.3) is 0 Å². The molecule has 0 aromatic heterocycles. The highest BCUT2D eigenvalue weighted by atomic mass is 19.4. The van der Waals surface area contributed by atoms with Crippen LogP contribution in [0.3, 0.4) is 0 Å². The normalized spacial score (nSPS) is 15.9. The zero-order chi connectivity index (χ0) is 19.1. The van der Waals surface area contributed by atoms with Gasteiger partial charge in [-0.25, -0.2) is 14.2 Å². The van der Waals surface area contributed by atoms with Gasteiger partial charge in [0.1, 0.15) is 0 Å². The molecule has 0 radical (unpaired) electrons. The topological polar surface area (TPSA) is 27.7 Å². The molecular weight excluding hydrogens is 386 g/mol. The van der Waals surface area contributed by atoms with Gasteiger partial charge in [-0.15, -0.1) is 39.5 Å². The lowest BCUT2D eigenvalue weighted by molar-refractivity contribution is -0.585. The summed E-state index contributed by atoms with van der Waals surface area (Å²) in [6.45, 7) is 0. The van der Waals surface area contributed by atoms with Gasteiger partial charge in [0.05, 0.1) is 0 Å². The second kappa shape index (κ2) is 5.76. The van der Waals surface area contributed by atoms with Gasteiger partial charge < -0.3 is 0 Å². The minimum Gasteiger partial charge on any atom is -0.224 e. The van der Waals surface area contributed by atoms with Crippen molar-refractivity contribution in [2.75, 3.05) is 0 Å². The van der Waals surface area contributed by atoms with Crippen LogP contribution in [-0.2, 0) is 14.2 Å². The highest BCUT2D eigenvalue weighted by molar-refractivity contribution is 4.88. The molecule has 0 spiro atoms. The molecule has 0 atom stereocenters. The van der Waals surface area contributed by atoms with E-state index >= 15 is 0 Å². The predicted molar refractivity (Wildman–Crippen MR) is 35.2 cm³/mol. The molecule has 23 heavy (non-hydrogen) atoms. The summed E-state index contributed by atoms with van der Waals surface area (Å²) < 4.78 is 172. The van der Waals surface area contributed by atoms with Crippen molar-refractivity contribution in [2.45, 2.75) is 37.2 Å². The molecular formula is C6F14O3. The first-order valence-corrected chi connectivity index (χ1v) is 4.37. The number of ether oxygens (including phenoxy) is 3. The van der Waals surface area contributed by atoms with Crippen molar-refractivity contribution in [3.8, 4) is 0 Å². The predicted octanol–water partition coefficient (Wildman–Crippen LogP) is 4.45. The van der Waals surface area contributed by atoms with E-state index in [1.54, 1.807) is 0 Å². The maximum Gasteiger partial charge on any atom is 0.527 e. The molecule has 0 amide bonds. The van der Waals surface area contributed by atoms with Crippen molar-refractivity contribution in [1.29, 1.82) is 0 Å². The van der Waals surface area contributed by atoms with Crippen LogP contribution in [0.2, 0.25) is 0 Å². The molecule has 140 valence electrons. The Morgan fingerprint density at radius 3 is 0.870 bits per heavy atom. The van der Waals surface area contributed by atoms with E-state index in [-0.39, 0.29) is 0 Å². The molecule has 0 saturated carbocycles. The smallest absolute Gasteiger partial charge is 0.224 e. The molecule has 0 aliphatic heterocycles. The molecule has 0 fully saturated rings. The van der Waals surface area contributed by atoms with Crippen LogP contribution < -0.4 is 0 Å². The lowest BCUT2D eigenvalue weighted by Crippen LogP contribution is -2.63. The first-order valence-electron chi connectivity index (χ1n) is 4.37. The van der Waals surface area contributed by atoms with Crippen LogP contribution in [0.5, 0.6) is 0 Å². The standard InChI is InChI=1S/C6F14O3/c7-1(8,2(9,10)21-4(12,13)14)3(11,22-5(15,16)17)23-6(18,19)20. The molecule has 0 aliphatic carbocycles. The fraction of sp³-hybridized carbons (Fsp3) is 1.00. The molecule has 0 aliphatic rings. The zero-order valence-electron chi connectivity index (χ0n) is 9.52. The molecule has 0 unspecified atom stereocenters. The monoisotopic (exact) mass is 386 g/mol. The Balaban J connectivity index is 5.94. The number of hydrogen-bond donors (Lipinski definition) is 0. The van der Waals surface area contributed by atoms with E-state index in [0.717, 1.165) is 0 Å². The molecule has 0 aromatic carbocycles. The first-order chi connectivity index (χ1) is 9.62. The number of hydrogen-bond acceptors (Lipinski definition) is 3. The highest BCUT2D eigenvalue weighted by Crippen LogP contribution is 2.52. The third kappa shape index (κ3) is 6.13. The van der Waals surface area contributed by atoms with E-state index in [2.05, 4.69) is 0 Å². The van der Waals surface area contributed by atoms with E-state index in [0.29, 0.717) is 0 Å².